The fourth-order valence-corrected chi connectivity index (χ4v) is 4.77. The second-order valence-corrected chi connectivity index (χ2v) is 7.87. The highest BCUT2D eigenvalue weighted by Gasteiger charge is 2.62. The molecule has 2 atom stereocenters. The van der Waals surface area contributed by atoms with Gasteiger partial charge >= 0.3 is 6.03 Å². The SMILES string of the molecule is NC(=O)c1ccc(N2C(=O)NC(=O)[C@]3(Cc4ccccc4N4CCOC[C@H]43)C2=O)cc1. The van der Waals surface area contributed by atoms with E-state index in [1.165, 1.54) is 24.3 Å². The predicted molar refractivity (Wildman–Crippen MR) is 111 cm³/mol. The number of imide groups is 2. The summed E-state index contributed by atoms with van der Waals surface area (Å²) in [7, 11) is 0. The number of primary amides is 1. The molecule has 0 saturated carbocycles. The number of para-hydroxylation sites is 1. The van der Waals surface area contributed by atoms with E-state index in [2.05, 4.69) is 5.32 Å². The summed E-state index contributed by atoms with van der Waals surface area (Å²) in [5.74, 6) is -1.85. The normalized spacial score (nSPS) is 25.2. The maximum Gasteiger partial charge on any atom is 0.335 e. The third kappa shape index (κ3) is 2.73. The molecule has 0 radical (unpaired) electrons. The van der Waals surface area contributed by atoms with E-state index < -0.39 is 35.2 Å². The van der Waals surface area contributed by atoms with Crippen LogP contribution in [0.25, 0.3) is 0 Å². The third-order valence-electron chi connectivity index (χ3n) is 6.29. The lowest BCUT2D eigenvalue weighted by Gasteiger charge is -2.53. The zero-order valence-electron chi connectivity index (χ0n) is 16.5. The highest BCUT2D eigenvalue weighted by atomic mass is 16.5. The number of hydrogen-bond acceptors (Lipinski definition) is 6. The van der Waals surface area contributed by atoms with Crippen LogP contribution in [0.5, 0.6) is 0 Å². The van der Waals surface area contributed by atoms with E-state index in [1.54, 1.807) is 0 Å². The van der Waals surface area contributed by atoms with E-state index in [0.717, 1.165) is 16.2 Å². The van der Waals surface area contributed by atoms with Crippen LogP contribution in [0.1, 0.15) is 15.9 Å². The van der Waals surface area contributed by atoms with E-state index in [4.69, 9.17) is 10.5 Å². The number of ether oxygens (including phenoxy) is 1. The molecule has 2 aromatic rings. The molecule has 0 bridgehead atoms. The number of nitrogens with two attached hydrogens (primary N) is 1. The zero-order chi connectivity index (χ0) is 21.8. The number of fused-ring (bicyclic) bond motifs is 4. The van der Waals surface area contributed by atoms with Gasteiger partial charge in [0.1, 0.15) is 0 Å². The van der Waals surface area contributed by atoms with Crippen LogP contribution in [0.4, 0.5) is 16.2 Å². The summed E-state index contributed by atoms with van der Waals surface area (Å²) in [5.41, 5.74) is 6.09. The summed E-state index contributed by atoms with van der Waals surface area (Å²) in [5, 5.41) is 2.37. The molecule has 31 heavy (non-hydrogen) atoms. The molecule has 2 aromatic carbocycles. The number of nitrogens with zero attached hydrogens (tertiary/aromatic N) is 2. The maximum atomic E-state index is 13.9. The number of anilines is 2. The van der Waals surface area contributed by atoms with Gasteiger partial charge in [0.25, 0.3) is 5.91 Å². The van der Waals surface area contributed by atoms with Crippen LogP contribution in [-0.4, -0.2) is 49.6 Å². The minimum atomic E-state index is -1.52. The van der Waals surface area contributed by atoms with Gasteiger partial charge in [-0.3, -0.25) is 19.7 Å². The smallest absolute Gasteiger partial charge is 0.335 e. The molecule has 0 unspecified atom stereocenters. The Bertz CT molecular complexity index is 1120. The second kappa shape index (κ2) is 6.92. The van der Waals surface area contributed by atoms with Crippen molar-refractivity contribution in [1.82, 2.24) is 5.32 Å². The monoisotopic (exact) mass is 420 g/mol. The highest BCUT2D eigenvalue weighted by molar-refractivity contribution is 6.30. The Morgan fingerprint density at radius 1 is 1.10 bits per heavy atom. The molecule has 0 aromatic heterocycles. The lowest BCUT2D eigenvalue weighted by molar-refractivity contribution is -0.146. The Labute approximate surface area is 177 Å². The lowest BCUT2D eigenvalue weighted by Crippen LogP contribution is -2.74. The van der Waals surface area contributed by atoms with E-state index in [-0.39, 0.29) is 24.3 Å². The van der Waals surface area contributed by atoms with Crippen molar-refractivity contribution in [2.24, 2.45) is 11.1 Å². The van der Waals surface area contributed by atoms with Gasteiger partial charge in [-0.1, -0.05) is 18.2 Å². The van der Waals surface area contributed by atoms with Gasteiger partial charge in [0, 0.05) is 17.8 Å². The number of amides is 5. The number of nitrogens with one attached hydrogen (secondary N) is 1. The maximum absolute atomic E-state index is 13.9. The van der Waals surface area contributed by atoms with Gasteiger partial charge < -0.3 is 15.4 Å². The number of hydrogen-bond donors (Lipinski definition) is 2. The lowest BCUT2D eigenvalue weighted by atomic mass is 9.68. The van der Waals surface area contributed by atoms with Crippen LogP contribution < -0.4 is 20.9 Å². The average Bonchev–Trinajstić information content (AvgIpc) is 2.78. The summed E-state index contributed by atoms with van der Waals surface area (Å²) >= 11 is 0. The molecule has 2 saturated heterocycles. The Morgan fingerprint density at radius 3 is 2.58 bits per heavy atom. The molecule has 5 amide bonds. The number of carbonyl (C=O) groups is 4. The first-order valence-corrected chi connectivity index (χ1v) is 9.95. The predicted octanol–water partition coefficient (Wildman–Crippen LogP) is 0.816. The van der Waals surface area contributed by atoms with Crippen molar-refractivity contribution in [1.29, 1.82) is 0 Å². The van der Waals surface area contributed by atoms with Gasteiger partial charge in [0.05, 0.1) is 24.9 Å². The molecule has 3 aliphatic rings. The van der Waals surface area contributed by atoms with Crippen molar-refractivity contribution in [3.05, 3.63) is 59.7 Å². The molecule has 158 valence electrons. The fraction of sp³-hybridized carbons (Fsp3) is 0.273. The van der Waals surface area contributed by atoms with Crippen molar-refractivity contribution in [2.45, 2.75) is 12.5 Å². The molecule has 3 heterocycles. The molecule has 9 nitrogen and oxygen atoms in total. The first kappa shape index (κ1) is 19.3. The van der Waals surface area contributed by atoms with Gasteiger partial charge in [-0.25, -0.2) is 9.69 Å². The van der Waals surface area contributed by atoms with Crippen LogP contribution >= 0.6 is 0 Å². The Balaban J connectivity index is 1.62. The zero-order valence-corrected chi connectivity index (χ0v) is 16.5. The molecule has 5 rings (SSSR count). The molecule has 3 N–H and O–H groups in total. The van der Waals surface area contributed by atoms with Crippen molar-refractivity contribution in [3.63, 3.8) is 0 Å². The van der Waals surface area contributed by atoms with E-state index in [9.17, 15) is 19.2 Å². The molecule has 0 aliphatic carbocycles. The number of barbiturate groups is 1. The highest BCUT2D eigenvalue weighted by Crippen LogP contribution is 2.45. The summed E-state index contributed by atoms with van der Waals surface area (Å²) in [6.45, 7) is 1.20. The van der Waals surface area contributed by atoms with Crippen molar-refractivity contribution in [2.75, 3.05) is 29.6 Å². The van der Waals surface area contributed by atoms with Gasteiger partial charge in [0.2, 0.25) is 11.8 Å². The Kier molecular flexibility index (Phi) is 4.30. The minimum absolute atomic E-state index is 0.154. The van der Waals surface area contributed by atoms with Crippen LogP contribution in [0.2, 0.25) is 0 Å². The summed E-state index contributed by atoms with van der Waals surface area (Å²) in [6, 6.07) is 12.1. The van der Waals surface area contributed by atoms with Crippen LogP contribution in [0.15, 0.2) is 48.5 Å². The van der Waals surface area contributed by atoms with E-state index in [0.29, 0.717) is 13.2 Å². The van der Waals surface area contributed by atoms with Crippen LogP contribution in [0.3, 0.4) is 0 Å². The molecule has 9 heteroatoms. The number of morpholine rings is 1. The number of benzene rings is 2. The number of rotatable bonds is 2. The minimum Gasteiger partial charge on any atom is -0.377 e. The van der Waals surface area contributed by atoms with E-state index in [1.807, 2.05) is 29.2 Å². The molecule has 1 spiro atoms. The van der Waals surface area contributed by atoms with Crippen molar-refractivity contribution >= 4 is 35.1 Å². The molecular weight excluding hydrogens is 400 g/mol. The van der Waals surface area contributed by atoms with Crippen molar-refractivity contribution < 1.29 is 23.9 Å². The van der Waals surface area contributed by atoms with Crippen LogP contribution in [-0.2, 0) is 20.7 Å². The number of carbonyl (C=O) groups excluding carboxylic acids is 4. The Hall–Kier alpha value is -3.72. The first-order valence-electron chi connectivity index (χ1n) is 9.95. The number of urea groups is 1. The summed E-state index contributed by atoms with van der Waals surface area (Å²) in [6.07, 6.45) is 0.154. The van der Waals surface area contributed by atoms with Crippen molar-refractivity contribution in [3.8, 4) is 0 Å². The summed E-state index contributed by atoms with van der Waals surface area (Å²) < 4.78 is 5.66. The van der Waals surface area contributed by atoms with Gasteiger partial charge in [-0.15, -0.1) is 0 Å². The fourth-order valence-electron chi connectivity index (χ4n) is 4.77. The average molecular weight is 420 g/mol. The quantitative estimate of drug-likeness (QED) is 0.694. The van der Waals surface area contributed by atoms with Gasteiger partial charge in [0.15, 0.2) is 5.41 Å². The van der Waals surface area contributed by atoms with Gasteiger partial charge in [-0.05, 0) is 42.3 Å². The topological polar surface area (TPSA) is 122 Å². The summed E-state index contributed by atoms with van der Waals surface area (Å²) in [4.78, 5) is 54.2. The first-order chi connectivity index (χ1) is 14.9. The van der Waals surface area contributed by atoms with Gasteiger partial charge in [-0.2, -0.15) is 0 Å². The Morgan fingerprint density at radius 2 is 1.84 bits per heavy atom. The molecule has 2 fully saturated rings. The molecular formula is C22H20N4O5. The third-order valence-corrected chi connectivity index (χ3v) is 6.29. The molecule has 3 aliphatic heterocycles. The second-order valence-electron chi connectivity index (χ2n) is 7.87. The largest absolute Gasteiger partial charge is 0.377 e. The standard InChI is InChI=1S/C22H20N4O5/c23-18(27)13-5-7-15(8-6-13)26-20(29)22(19(28)24-21(26)30)11-14-3-1-2-4-16(14)25-9-10-31-12-17(22)25/h1-8,17H,9-12H2,(H2,23,27)(H,24,28,30)/t17-,22+/m0/s1. The van der Waals surface area contributed by atoms with E-state index >= 15 is 0 Å². The van der Waals surface area contributed by atoms with Crippen LogP contribution in [0, 0.1) is 5.41 Å².